The molecule has 1 fully saturated rings. The molecule has 1 aliphatic heterocycles. The van der Waals surface area contributed by atoms with Gasteiger partial charge in [0.2, 0.25) is 5.91 Å². The van der Waals surface area contributed by atoms with Crippen LogP contribution in [0.3, 0.4) is 0 Å². The molecule has 2 N–H and O–H groups in total. The highest BCUT2D eigenvalue weighted by atomic mass is 16.5. The summed E-state index contributed by atoms with van der Waals surface area (Å²) in [4.78, 5) is 20.2. The van der Waals surface area contributed by atoms with Crippen LogP contribution in [-0.4, -0.2) is 28.6 Å². The third kappa shape index (κ3) is 4.78. The van der Waals surface area contributed by atoms with Crippen LogP contribution in [0.15, 0.2) is 42.5 Å². The molecule has 0 saturated carbocycles. The Labute approximate surface area is 165 Å². The van der Waals surface area contributed by atoms with Crippen LogP contribution in [0.5, 0.6) is 0 Å². The van der Waals surface area contributed by atoms with Crippen molar-refractivity contribution in [1.29, 1.82) is 0 Å². The Kier molecular flexibility index (Phi) is 5.72. The fourth-order valence-electron chi connectivity index (χ4n) is 3.70. The number of nitrogens with zero attached hydrogens (tertiary/aromatic N) is 1. The number of carbonyl (C=O) groups is 1. The lowest BCUT2D eigenvalue weighted by Crippen LogP contribution is -2.15. The largest absolute Gasteiger partial charge is 0.378 e. The second-order valence-electron chi connectivity index (χ2n) is 7.62. The smallest absolute Gasteiger partial charge is 0.224 e. The molecule has 28 heavy (non-hydrogen) atoms. The van der Waals surface area contributed by atoms with Crippen LogP contribution in [0.4, 0.5) is 5.69 Å². The normalized spacial score (nSPS) is 16.5. The van der Waals surface area contributed by atoms with Crippen molar-refractivity contribution in [2.24, 2.45) is 0 Å². The van der Waals surface area contributed by atoms with Crippen LogP contribution in [0.1, 0.15) is 42.6 Å². The number of aryl methyl sites for hydroxylation is 3. The average Bonchev–Trinajstić information content (AvgIpc) is 3.35. The van der Waals surface area contributed by atoms with Crippen LogP contribution in [-0.2, 0) is 22.4 Å². The van der Waals surface area contributed by atoms with E-state index in [1.165, 1.54) is 11.1 Å². The van der Waals surface area contributed by atoms with E-state index >= 15 is 0 Å². The molecule has 0 unspecified atom stereocenters. The maximum atomic E-state index is 12.1. The van der Waals surface area contributed by atoms with Gasteiger partial charge in [0.15, 0.2) is 0 Å². The zero-order valence-corrected chi connectivity index (χ0v) is 16.3. The Morgan fingerprint density at radius 1 is 1.21 bits per heavy atom. The molecule has 2 heterocycles. The Balaban J connectivity index is 1.27. The average molecular weight is 377 g/mol. The topological polar surface area (TPSA) is 67.0 Å². The van der Waals surface area contributed by atoms with Gasteiger partial charge in [0, 0.05) is 25.1 Å². The molecule has 4 rings (SSSR count). The van der Waals surface area contributed by atoms with E-state index in [2.05, 4.69) is 52.5 Å². The van der Waals surface area contributed by atoms with Crippen molar-refractivity contribution in [2.75, 3.05) is 11.9 Å². The van der Waals surface area contributed by atoms with E-state index in [4.69, 9.17) is 4.74 Å². The molecular formula is C23H27N3O2. The van der Waals surface area contributed by atoms with Crippen molar-refractivity contribution in [2.45, 2.75) is 51.6 Å². The summed E-state index contributed by atoms with van der Waals surface area (Å²) in [6.45, 7) is 2.92. The molecule has 0 bridgehead atoms. The van der Waals surface area contributed by atoms with Crippen molar-refractivity contribution >= 4 is 22.6 Å². The minimum absolute atomic E-state index is 0.0563. The summed E-state index contributed by atoms with van der Waals surface area (Å²) < 4.78 is 5.57. The molecule has 0 aliphatic carbocycles. The third-order valence-electron chi connectivity index (χ3n) is 5.29. The molecule has 0 spiro atoms. The fraction of sp³-hybridized carbons (Fsp3) is 0.391. The lowest BCUT2D eigenvalue weighted by Gasteiger charge is -2.10. The number of hydrogen-bond donors (Lipinski definition) is 2. The molecule has 1 amide bonds. The van der Waals surface area contributed by atoms with Crippen LogP contribution >= 0.6 is 0 Å². The zero-order chi connectivity index (χ0) is 19.3. The summed E-state index contributed by atoms with van der Waals surface area (Å²) in [6.07, 6.45) is 5.54. The number of H-pyrrole nitrogens is 1. The second-order valence-corrected chi connectivity index (χ2v) is 7.62. The molecule has 5 nitrogen and oxygen atoms in total. The van der Waals surface area contributed by atoms with Gasteiger partial charge in [-0.25, -0.2) is 4.98 Å². The monoisotopic (exact) mass is 377 g/mol. The molecule has 1 atom stereocenters. The molecule has 1 aromatic heterocycles. The number of amides is 1. The number of benzene rings is 2. The maximum Gasteiger partial charge on any atom is 0.224 e. The van der Waals surface area contributed by atoms with Crippen LogP contribution < -0.4 is 5.32 Å². The first-order valence-corrected chi connectivity index (χ1v) is 10.1. The van der Waals surface area contributed by atoms with Gasteiger partial charge in [-0.2, -0.15) is 0 Å². The Morgan fingerprint density at radius 2 is 2.07 bits per heavy atom. The van der Waals surface area contributed by atoms with Crippen LogP contribution in [0.2, 0.25) is 0 Å². The highest BCUT2D eigenvalue weighted by Crippen LogP contribution is 2.18. The number of imidazole rings is 1. The molecular weight excluding hydrogens is 350 g/mol. The van der Waals surface area contributed by atoms with Crippen molar-refractivity contribution < 1.29 is 9.53 Å². The predicted octanol–water partition coefficient (Wildman–Crippen LogP) is 4.55. The highest BCUT2D eigenvalue weighted by molar-refractivity contribution is 5.90. The second kappa shape index (κ2) is 8.57. The van der Waals surface area contributed by atoms with Gasteiger partial charge in [0.1, 0.15) is 5.82 Å². The molecule has 5 heteroatoms. The first-order chi connectivity index (χ1) is 13.7. The molecule has 1 saturated heterocycles. The van der Waals surface area contributed by atoms with E-state index in [9.17, 15) is 4.79 Å². The van der Waals surface area contributed by atoms with Gasteiger partial charge in [-0.15, -0.1) is 0 Å². The molecule has 3 aromatic rings. The van der Waals surface area contributed by atoms with E-state index in [0.29, 0.717) is 6.42 Å². The number of anilines is 1. The Hall–Kier alpha value is -2.66. The minimum atomic E-state index is 0.0563. The standard InChI is InChI=1S/C23H27N3O2/c1-16-4-11-20-21(15-16)26-22(25-20)12-7-17-5-8-18(9-6-17)24-23(27)13-10-19-3-2-14-28-19/h4-6,8-9,11,15,19H,2-3,7,10,12-14H2,1H3,(H,24,27)(H,25,26)/t19-/m0/s1. The first kappa shape index (κ1) is 18.7. The van der Waals surface area contributed by atoms with Crippen LogP contribution in [0.25, 0.3) is 11.0 Å². The fourth-order valence-corrected chi connectivity index (χ4v) is 3.70. The van der Waals surface area contributed by atoms with E-state index in [1.54, 1.807) is 0 Å². The number of aromatic nitrogens is 2. The molecule has 1 aliphatic rings. The third-order valence-corrected chi connectivity index (χ3v) is 5.29. The number of fused-ring (bicyclic) bond motifs is 1. The maximum absolute atomic E-state index is 12.1. The van der Waals surface area contributed by atoms with Crippen molar-refractivity contribution in [1.82, 2.24) is 9.97 Å². The van der Waals surface area contributed by atoms with Gasteiger partial charge >= 0.3 is 0 Å². The zero-order valence-electron chi connectivity index (χ0n) is 16.3. The summed E-state index contributed by atoms with van der Waals surface area (Å²) in [7, 11) is 0. The Morgan fingerprint density at radius 3 is 2.86 bits per heavy atom. The summed E-state index contributed by atoms with van der Waals surface area (Å²) in [5.41, 5.74) is 5.42. The van der Waals surface area contributed by atoms with Gasteiger partial charge in [-0.05, 0) is 68.0 Å². The molecule has 146 valence electrons. The first-order valence-electron chi connectivity index (χ1n) is 10.1. The van der Waals surface area contributed by atoms with Crippen molar-refractivity contribution in [3.63, 3.8) is 0 Å². The van der Waals surface area contributed by atoms with E-state index in [-0.39, 0.29) is 12.0 Å². The number of rotatable bonds is 7. The number of hydrogen-bond acceptors (Lipinski definition) is 3. The Bertz CT molecular complexity index is 940. The van der Waals surface area contributed by atoms with Gasteiger partial charge in [0.05, 0.1) is 17.1 Å². The predicted molar refractivity (Wildman–Crippen MR) is 112 cm³/mol. The SMILES string of the molecule is Cc1ccc2nc(CCc3ccc(NC(=O)CC[C@@H]4CCCO4)cc3)[nH]c2c1. The van der Waals surface area contributed by atoms with E-state index in [0.717, 1.165) is 61.3 Å². The van der Waals surface area contributed by atoms with Crippen molar-refractivity contribution in [3.8, 4) is 0 Å². The van der Waals surface area contributed by atoms with Crippen molar-refractivity contribution in [3.05, 3.63) is 59.4 Å². The van der Waals surface area contributed by atoms with Gasteiger partial charge in [-0.1, -0.05) is 18.2 Å². The number of carbonyl (C=O) groups excluding carboxylic acids is 1. The molecule has 0 radical (unpaired) electrons. The highest BCUT2D eigenvalue weighted by Gasteiger charge is 2.16. The minimum Gasteiger partial charge on any atom is -0.378 e. The number of aromatic amines is 1. The van der Waals surface area contributed by atoms with Gasteiger partial charge in [-0.3, -0.25) is 4.79 Å². The summed E-state index contributed by atoms with van der Waals surface area (Å²) in [6, 6.07) is 14.4. The van der Waals surface area contributed by atoms with Crippen LogP contribution in [0, 0.1) is 6.92 Å². The molecule has 2 aromatic carbocycles. The van der Waals surface area contributed by atoms with Gasteiger partial charge in [0.25, 0.3) is 0 Å². The number of nitrogens with one attached hydrogen (secondary N) is 2. The van der Waals surface area contributed by atoms with E-state index < -0.39 is 0 Å². The summed E-state index contributed by atoms with van der Waals surface area (Å²) in [5, 5.41) is 2.98. The van der Waals surface area contributed by atoms with Gasteiger partial charge < -0.3 is 15.0 Å². The quantitative estimate of drug-likeness (QED) is 0.634. The summed E-state index contributed by atoms with van der Waals surface area (Å²) >= 11 is 0. The lowest BCUT2D eigenvalue weighted by atomic mass is 10.1. The van der Waals surface area contributed by atoms with E-state index in [1.807, 2.05) is 12.1 Å². The lowest BCUT2D eigenvalue weighted by molar-refractivity contribution is -0.116. The number of ether oxygens (including phenoxy) is 1. The summed E-state index contributed by atoms with van der Waals surface area (Å²) in [5.74, 6) is 1.06.